The van der Waals surface area contributed by atoms with Gasteiger partial charge in [0.1, 0.15) is 5.75 Å². The topological polar surface area (TPSA) is 58.6 Å². The van der Waals surface area contributed by atoms with Gasteiger partial charge in [0.15, 0.2) is 0 Å². The van der Waals surface area contributed by atoms with E-state index in [9.17, 15) is 23.1 Å². The predicted molar refractivity (Wildman–Crippen MR) is 73.0 cm³/mol. The normalized spacial score (nSPS) is 17.7. The maximum atomic E-state index is 12.2. The van der Waals surface area contributed by atoms with E-state index in [1.807, 2.05) is 0 Å². The Kier molecular flexibility index (Phi) is 4.95. The summed E-state index contributed by atoms with van der Waals surface area (Å²) in [5.74, 6) is -0.456. The molecule has 1 unspecified atom stereocenters. The lowest BCUT2D eigenvalue weighted by molar-refractivity contribution is -0.274. The Hall–Kier alpha value is -1.76. The first-order valence-electron chi connectivity index (χ1n) is 7.08. The molecular weight excluding hydrogens is 299 g/mol. The summed E-state index contributed by atoms with van der Waals surface area (Å²) < 4.78 is 40.4. The number of benzene rings is 1. The largest absolute Gasteiger partial charge is 0.573 e. The summed E-state index contributed by atoms with van der Waals surface area (Å²) in [6.45, 7) is 1.66. The minimum absolute atomic E-state index is 0.00769. The molecule has 1 amide bonds. The number of hydrogen-bond acceptors (Lipinski definition) is 3. The Morgan fingerprint density at radius 3 is 2.73 bits per heavy atom. The molecule has 0 aliphatic heterocycles. The SMILES string of the molecule is C[C@H](NC(=O)CC(O)C1CC1)c1cccc(OC(F)(F)F)c1. The van der Waals surface area contributed by atoms with E-state index in [0.717, 1.165) is 12.8 Å². The first kappa shape index (κ1) is 16.6. The average molecular weight is 317 g/mol. The van der Waals surface area contributed by atoms with Crippen LogP contribution < -0.4 is 10.1 Å². The van der Waals surface area contributed by atoms with Gasteiger partial charge in [-0.05, 0) is 43.4 Å². The molecule has 7 heteroatoms. The van der Waals surface area contributed by atoms with Gasteiger partial charge in [0.2, 0.25) is 5.91 Å². The molecule has 1 aromatic rings. The van der Waals surface area contributed by atoms with E-state index in [1.54, 1.807) is 13.0 Å². The van der Waals surface area contributed by atoms with Crippen LogP contribution in [0.3, 0.4) is 0 Å². The third-order valence-electron chi connectivity index (χ3n) is 3.53. The van der Waals surface area contributed by atoms with Crippen molar-refractivity contribution in [2.24, 2.45) is 5.92 Å². The van der Waals surface area contributed by atoms with E-state index in [-0.39, 0.29) is 24.0 Å². The number of rotatable bonds is 6. The minimum atomic E-state index is -4.75. The molecule has 122 valence electrons. The Balaban J connectivity index is 1.92. The summed E-state index contributed by atoms with van der Waals surface area (Å²) in [7, 11) is 0. The summed E-state index contributed by atoms with van der Waals surface area (Å²) in [5, 5.41) is 12.4. The number of carbonyl (C=O) groups excluding carboxylic acids is 1. The van der Waals surface area contributed by atoms with Crippen LogP contribution in [0.15, 0.2) is 24.3 Å². The van der Waals surface area contributed by atoms with Gasteiger partial charge in [-0.15, -0.1) is 13.2 Å². The number of hydrogen-bond donors (Lipinski definition) is 2. The van der Waals surface area contributed by atoms with E-state index < -0.39 is 18.5 Å². The van der Waals surface area contributed by atoms with E-state index >= 15 is 0 Å². The Labute approximate surface area is 126 Å². The lowest BCUT2D eigenvalue weighted by atomic mass is 10.1. The zero-order chi connectivity index (χ0) is 16.3. The van der Waals surface area contributed by atoms with Crippen LogP contribution in [0.4, 0.5) is 13.2 Å². The molecule has 1 aliphatic rings. The molecule has 0 radical (unpaired) electrons. The van der Waals surface area contributed by atoms with Crippen molar-refractivity contribution in [1.29, 1.82) is 0 Å². The monoisotopic (exact) mass is 317 g/mol. The molecule has 2 N–H and O–H groups in total. The molecule has 1 aromatic carbocycles. The number of alkyl halides is 3. The van der Waals surface area contributed by atoms with Crippen molar-refractivity contribution < 1.29 is 27.8 Å². The third kappa shape index (κ3) is 5.22. The molecule has 0 saturated heterocycles. The highest BCUT2D eigenvalue weighted by atomic mass is 19.4. The molecule has 1 saturated carbocycles. The Morgan fingerprint density at radius 2 is 2.14 bits per heavy atom. The summed E-state index contributed by atoms with van der Waals surface area (Å²) >= 11 is 0. The fourth-order valence-electron chi connectivity index (χ4n) is 2.20. The van der Waals surface area contributed by atoms with Crippen molar-refractivity contribution in [3.63, 3.8) is 0 Å². The van der Waals surface area contributed by atoms with E-state index in [1.165, 1.54) is 18.2 Å². The molecule has 0 spiro atoms. The molecule has 2 rings (SSSR count). The van der Waals surface area contributed by atoms with Crippen LogP contribution >= 0.6 is 0 Å². The predicted octanol–water partition coefficient (Wildman–Crippen LogP) is 2.92. The number of aliphatic hydroxyl groups excluding tert-OH is 1. The van der Waals surface area contributed by atoms with E-state index in [4.69, 9.17) is 0 Å². The highest BCUT2D eigenvalue weighted by molar-refractivity contribution is 5.77. The second-order valence-electron chi connectivity index (χ2n) is 5.52. The van der Waals surface area contributed by atoms with Crippen LogP contribution in [0.1, 0.15) is 37.8 Å². The van der Waals surface area contributed by atoms with Gasteiger partial charge in [0, 0.05) is 0 Å². The van der Waals surface area contributed by atoms with Crippen LogP contribution in [0.5, 0.6) is 5.75 Å². The van der Waals surface area contributed by atoms with Gasteiger partial charge in [-0.25, -0.2) is 0 Å². The van der Waals surface area contributed by atoms with Gasteiger partial charge < -0.3 is 15.2 Å². The molecule has 22 heavy (non-hydrogen) atoms. The first-order chi connectivity index (χ1) is 10.2. The zero-order valence-electron chi connectivity index (χ0n) is 12.1. The number of aliphatic hydroxyl groups is 1. The second kappa shape index (κ2) is 6.56. The molecule has 2 atom stereocenters. The summed E-state index contributed by atoms with van der Waals surface area (Å²) in [4.78, 5) is 11.8. The summed E-state index contributed by atoms with van der Waals surface area (Å²) in [6.07, 6.45) is -3.53. The molecule has 0 aromatic heterocycles. The molecule has 1 fully saturated rings. The van der Waals surface area contributed by atoms with Crippen molar-refractivity contribution in [2.45, 2.75) is 44.7 Å². The fourth-order valence-corrected chi connectivity index (χ4v) is 2.20. The molecule has 1 aliphatic carbocycles. The van der Waals surface area contributed by atoms with E-state index in [2.05, 4.69) is 10.1 Å². The average Bonchev–Trinajstić information content (AvgIpc) is 3.20. The zero-order valence-corrected chi connectivity index (χ0v) is 12.1. The number of halogens is 3. The lowest BCUT2D eigenvalue weighted by Crippen LogP contribution is -2.30. The standard InChI is InChI=1S/C15H18F3NO3/c1-9(19-14(21)8-13(20)10-5-6-10)11-3-2-4-12(7-11)22-15(16,17)18/h2-4,7,9-10,13,20H,5-6,8H2,1H3,(H,19,21)/t9-,13?/m0/s1. The molecule has 0 bridgehead atoms. The van der Waals surface area contributed by atoms with Crippen LogP contribution in [-0.2, 0) is 4.79 Å². The number of amides is 1. The first-order valence-corrected chi connectivity index (χ1v) is 7.08. The van der Waals surface area contributed by atoms with Crippen molar-refractivity contribution in [3.05, 3.63) is 29.8 Å². The van der Waals surface area contributed by atoms with Gasteiger partial charge in [0.05, 0.1) is 18.6 Å². The van der Waals surface area contributed by atoms with Gasteiger partial charge in [-0.2, -0.15) is 0 Å². The van der Waals surface area contributed by atoms with Gasteiger partial charge >= 0.3 is 6.36 Å². The second-order valence-corrected chi connectivity index (χ2v) is 5.52. The third-order valence-corrected chi connectivity index (χ3v) is 3.53. The van der Waals surface area contributed by atoms with Gasteiger partial charge in [0.25, 0.3) is 0 Å². The van der Waals surface area contributed by atoms with Crippen molar-refractivity contribution >= 4 is 5.91 Å². The summed E-state index contributed by atoms with van der Waals surface area (Å²) in [5.41, 5.74) is 0.496. The highest BCUT2D eigenvalue weighted by Gasteiger charge is 2.32. The Bertz CT molecular complexity index is 529. The van der Waals surface area contributed by atoms with E-state index in [0.29, 0.717) is 5.56 Å². The number of ether oxygens (including phenoxy) is 1. The summed E-state index contributed by atoms with van der Waals surface area (Å²) in [6, 6.07) is 4.98. The maximum Gasteiger partial charge on any atom is 0.573 e. The van der Waals surface area contributed by atoms with Gasteiger partial charge in [-0.3, -0.25) is 4.79 Å². The number of carbonyl (C=O) groups is 1. The van der Waals surface area contributed by atoms with Crippen LogP contribution in [0.2, 0.25) is 0 Å². The van der Waals surface area contributed by atoms with Crippen LogP contribution in [0, 0.1) is 5.92 Å². The van der Waals surface area contributed by atoms with Crippen molar-refractivity contribution in [3.8, 4) is 5.75 Å². The Morgan fingerprint density at radius 1 is 1.45 bits per heavy atom. The minimum Gasteiger partial charge on any atom is -0.406 e. The van der Waals surface area contributed by atoms with Gasteiger partial charge in [-0.1, -0.05) is 12.1 Å². The quantitative estimate of drug-likeness (QED) is 0.848. The highest BCUT2D eigenvalue weighted by Crippen LogP contribution is 2.34. The smallest absolute Gasteiger partial charge is 0.406 e. The van der Waals surface area contributed by atoms with Crippen molar-refractivity contribution in [1.82, 2.24) is 5.32 Å². The van der Waals surface area contributed by atoms with Crippen LogP contribution in [-0.4, -0.2) is 23.5 Å². The van der Waals surface area contributed by atoms with Crippen LogP contribution in [0.25, 0.3) is 0 Å². The maximum absolute atomic E-state index is 12.2. The fraction of sp³-hybridized carbons (Fsp3) is 0.533. The number of nitrogens with one attached hydrogen (secondary N) is 1. The lowest BCUT2D eigenvalue weighted by Gasteiger charge is -2.17. The molecule has 0 heterocycles. The van der Waals surface area contributed by atoms with Crippen molar-refractivity contribution in [2.75, 3.05) is 0 Å². The molecular formula is C15H18F3NO3. The molecule has 4 nitrogen and oxygen atoms in total.